The molecule has 1 unspecified atom stereocenters. The summed E-state index contributed by atoms with van der Waals surface area (Å²) in [6.07, 6.45) is -0.439. The number of rotatable bonds is 13. The van der Waals surface area contributed by atoms with Crippen LogP contribution in [0.2, 0.25) is 0 Å². The average Bonchev–Trinajstić information content (AvgIpc) is 2.49. The van der Waals surface area contributed by atoms with Gasteiger partial charge in [-0.3, -0.25) is 0 Å². The molecule has 0 N–H and O–H groups in total. The van der Waals surface area contributed by atoms with Crippen LogP contribution in [0.15, 0.2) is 0 Å². The lowest BCUT2D eigenvalue weighted by molar-refractivity contribution is -0.269. The van der Waals surface area contributed by atoms with Crippen molar-refractivity contribution in [3.8, 4) is 0 Å². The van der Waals surface area contributed by atoms with Crippen LogP contribution in [0.25, 0.3) is 0 Å². The largest absolute Gasteiger partial charge is 0.567 e. The van der Waals surface area contributed by atoms with Crippen LogP contribution in [0.5, 0.6) is 0 Å². The van der Waals surface area contributed by atoms with Crippen LogP contribution in [0, 0.1) is 0 Å². The highest BCUT2D eigenvalue weighted by atomic mass is 28.4. The van der Waals surface area contributed by atoms with Crippen LogP contribution in [-0.4, -0.2) is 68.3 Å². The highest BCUT2D eigenvalue weighted by Crippen LogP contribution is 2.34. The topological polar surface area (TPSA) is 64.6 Å². The summed E-state index contributed by atoms with van der Waals surface area (Å²) in [6, 6.07) is 0. The van der Waals surface area contributed by atoms with Crippen molar-refractivity contribution in [2.45, 2.75) is 39.2 Å². The lowest BCUT2D eigenvalue weighted by Gasteiger charge is -2.45. The predicted molar refractivity (Wildman–Crippen MR) is 79.8 cm³/mol. The van der Waals surface area contributed by atoms with Gasteiger partial charge in [0.15, 0.2) is 0 Å². The van der Waals surface area contributed by atoms with Crippen LogP contribution in [-0.2, 0) is 32.2 Å². The molecule has 8 heteroatoms. The van der Waals surface area contributed by atoms with Gasteiger partial charge in [0, 0.05) is 41.2 Å². The molecule has 0 rings (SSSR count). The molecule has 0 heterocycles. The number of hydrogen-bond donors (Lipinski definition) is 0. The standard InChI is InChI=1S/C13H30O7Si/c1-8-17-12(4)13(18-9-2,19-10-3)21(15-6,16-7)20-11-14-5/h12H,8-11H2,1-7H3. The second-order valence-electron chi connectivity index (χ2n) is 4.15. The van der Waals surface area contributed by atoms with Gasteiger partial charge in [0.1, 0.15) is 12.9 Å². The van der Waals surface area contributed by atoms with E-state index in [0.29, 0.717) is 19.8 Å². The first-order chi connectivity index (χ1) is 10.0. The maximum absolute atomic E-state index is 5.91. The predicted octanol–water partition coefficient (Wildman–Crippen LogP) is 1.57. The van der Waals surface area contributed by atoms with Gasteiger partial charge >= 0.3 is 8.80 Å². The zero-order valence-corrected chi connectivity index (χ0v) is 15.3. The molecular weight excluding hydrogens is 296 g/mol. The highest BCUT2D eigenvalue weighted by molar-refractivity contribution is 6.63. The molecule has 0 aromatic rings. The van der Waals surface area contributed by atoms with Crippen molar-refractivity contribution < 1.29 is 32.2 Å². The molecule has 1 atom stereocenters. The van der Waals surface area contributed by atoms with E-state index in [-0.39, 0.29) is 6.79 Å². The first kappa shape index (κ1) is 20.9. The molecule has 0 fully saturated rings. The van der Waals surface area contributed by atoms with Crippen LogP contribution >= 0.6 is 0 Å². The van der Waals surface area contributed by atoms with Gasteiger partial charge in [-0.2, -0.15) is 0 Å². The summed E-state index contributed by atoms with van der Waals surface area (Å²) in [6.45, 7) is 8.80. The summed E-state index contributed by atoms with van der Waals surface area (Å²) in [4.78, 5) is 0. The molecule has 0 amide bonds. The number of hydrogen-bond acceptors (Lipinski definition) is 7. The minimum atomic E-state index is -3.38. The monoisotopic (exact) mass is 326 g/mol. The second-order valence-corrected chi connectivity index (χ2v) is 7.06. The van der Waals surface area contributed by atoms with Crippen molar-refractivity contribution >= 4 is 8.80 Å². The Hall–Kier alpha value is -0.0631. The van der Waals surface area contributed by atoms with Gasteiger partial charge in [0.05, 0.1) is 0 Å². The van der Waals surface area contributed by atoms with Crippen LogP contribution in [0.1, 0.15) is 27.7 Å². The summed E-state index contributed by atoms with van der Waals surface area (Å²) in [5.74, 6) is 0. The smallest absolute Gasteiger partial charge is 0.374 e. The maximum atomic E-state index is 5.91. The van der Waals surface area contributed by atoms with Crippen LogP contribution in [0.4, 0.5) is 0 Å². The van der Waals surface area contributed by atoms with Crippen LogP contribution in [0.3, 0.4) is 0 Å². The Kier molecular flexibility index (Phi) is 10.6. The van der Waals surface area contributed by atoms with Crippen molar-refractivity contribution in [3.05, 3.63) is 0 Å². The van der Waals surface area contributed by atoms with E-state index in [4.69, 9.17) is 32.2 Å². The lowest BCUT2D eigenvalue weighted by Crippen LogP contribution is -2.72. The Morgan fingerprint density at radius 1 is 0.905 bits per heavy atom. The van der Waals surface area contributed by atoms with E-state index in [1.54, 1.807) is 0 Å². The van der Waals surface area contributed by atoms with Gasteiger partial charge in [-0.1, -0.05) is 0 Å². The highest BCUT2D eigenvalue weighted by Gasteiger charge is 2.67. The molecule has 0 aliphatic carbocycles. The van der Waals surface area contributed by atoms with Crippen molar-refractivity contribution in [2.75, 3.05) is 47.9 Å². The lowest BCUT2D eigenvalue weighted by atomic mass is 10.3. The molecule has 0 aliphatic rings. The van der Waals surface area contributed by atoms with Crippen molar-refractivity contribution in [3.63, 3.8) is 0 Å². The van der Waals surface area contributed by atoms with E-state index in [0.717, 1.165) is 0 Å². The molecule has 0 saturated heterocycles. The summed E-state index contributed by atoms with van der Waals surface area (Å²) in [5.41, 5.74) is -1.26. The van der Waals surface area contributed by atoms with Gasteiger partial charge in [-0.25, -0.2) is 0 Å². The normalized spacial score (nSPS) is 14.4. The van der Waals surface area contributed by atoms with E-state index >= 15 is 0 Å². The Bertz CT molecular complexity index is 255. The Morgan fingerprint density at radius 3 is 1.76 bits per heavy atom. The fraction of sp³-hybridized carbons (Fsp3) is 1.00. The van der Waals surface area contributed by atoms with E-state index in [1.165, 1.54) is 21.3 Å². The van der Waals surface area contributed by atoms with E-state index in [9.17, 15) is 0 Å². The molecule has 7 nitrogen and oxygen atoms in total. The van der Waals surface area contributed by atoms with Crippen molar-refractivity contribution in [1.82, 2.24) is 0 Å². The molecule has 21 heavy (non-hydrogen) atoms. The zero-order chi connectivity index (χ0) is 16.4. The van der Waals surface area contributed by atoms with Crippen molar-refractivity contribution in [2.24, 2.45) is 0 Å². The first-order valence-corrected chi connectivity index (χ1v) is 8.89. The van der Waals surface area contributed by atoms with Crippen LogP contribution < -0.4 is 0 Å². The molecule has 0 saturated carbocycles. The summed E-state index contributed by atoms with van der Waals surface area (Å²) >= 11 is 0. The quantitative estimate of drug-likeness (QED) is 0.376. The van der Waals surface area contributed by atoms with Gasteiger partial charge in [0.2, 0.25) is 0 Å². The van der Waals surface area contributed by atoms with Gasteiger partial charge < -0.3 is 32.2 Å². The van der Waals surface area contributed by atoms with Crippen molar-refractivity contribution in [1.29, 1.82) is 0 Å². The zero-order valence-electron chi connectivity index (χ0n) is 14.3. The fourth-order valence-electron chi connectivity index (χ4n) is 2.21. The summed E-state index contributed by atoms with van der Waals surface area (Å²) in [7, 11) is 1.17. The second kappa shape index (κ2) is 10.6. The maximum Gasteiger partial charge on any atom is 0.567 e. The number of ether oxygens (including phenoxy) is 4. The van der Waals surface area contributed by atoms with E-state index in [1.807, 2.05) is 27.7 Å². The van der Waals surface area contributed by atoms with E-state index < -0.39 is 20.3 Å². The minimum Gasteiger partial charge on any atom is -0.374 e. The molecule has 0 aromatic carbocycles. The minimum absolute atomic E-state index is 0.00858. The third-order valence-corrected chi connectivity index (χ3v) is 6.12. The molecule has 0 bridgehead atoms. The third kappa shape index (κ3) is 4.70. The molecule has 0 aliphatic heterocycles. The Balaban J connectivity index is 5.72. The number of methoxy groups -OCH3 is 1. The molecule has 0 aromatic heterocycles. The Morgan fingerprint density at radius 2 is 1.43 bits per heavy atom. The van der Waals surface area contributed by atoms with Gasteiger partial charge in [-0.05, 0) is 27.7 Å². The summed E-state index contributed by atoms with van der Waals surface area (Å²) in [5, 5.41) is 0. The fourth-order valence-corrected chi connectivity index (χ4v) is 4.88. The average molecular weight is 326 g/mol. The van der Waals surface area contributed by atoms with E-state index in [2.05, 4.69) is 0 Å². The SMILES string of the molecule is CCOC(C)C(OCC)(OCC)[Si](OC)(OC)OCOC. The van der Waals surface area contributed by atoms with Gasteiger partial charge in [0.25, 0.3) is 5.41 Å². The first-order valence-electron chi connectivity index (χ1n) is 7.16. The summed E-state index contributed by atoms with van der Waals surface area (Å²) < 4.78 is 39.5. The Labute approximate surface area is 129 Å². The molecule has 0 radical (unpaired) electrons. The molecule has 128 valence electrons. The third-order valence-electron chi connectivity index (χ3n) is 3.00. The molecule has 0 spiro atoms. The molecular formula is C13H30O7Si. The van der Waals surface area contributed by atoms with Gasteiger partial charge in [-0.15, -0.1) is 0 Å².